The second kappa shape index (κ2) is 8.09. The maximum Gasteiger partial charge on any atom is 0.230 e. The molecule has 0 unspecified atom stereocenters. The molecule has 4 nitrogen and oxygen atoms in total. The maximum absolute atomic E-state index is 12.4. The summed E-state index contributed by atoms with van der Waals surface area (Å²) >= 11 is 1.45. The van der Waals surface area contributed by atoms with Gasteiger partial charge in [0.15, 0.2) is 0 Å². The summed E-state index contributed by atoms with van der Waals surface area (Å²) in [6.07, 6.45) is 6.44. The van der Waals surface area contributed by atoms with Gasteiger partial charge >= 0.3 is 0 Å². The number of nitrogens with one attached hydrogen (secondary N) is 1. The molecule has 138 valence electrons. The molecular formula is C22H23N3OS. The standard InChI is InChI=1S/C22H23N3OS/c1-15(17-11-10-16-6-2-3-7-18(16)12-17)25-21(26)13-27-22-19-8-4-5-9-20(19)23-14-24-22/h4-5,8-12,14-15H,2-3,6-7,13H2,1H3,(H,25,26)/t15-/m0/s1. The van der Waals surface area contributed by atoms with Crippen molar-refractivity contribution in [1.29, 1.82) is 0 Å². The normalized spacial score (nSPS) is 14.6. The van der Waals surface area contributed by atoms with Gasteiger partial charge in [-0.1, -0.05) is 48.2 Å². The molecule has 1 aliphatic carbocycles. The number of carbonyl (C=O) groups is 1. The summed E-state index contributed by atoms with van der Waals surface area (Å²) in [5, 5.41) is 4.95. The van der Waals surface area contributed by atoms with Crippen LogP contribution in [0.1, 0.15) is 42.5 Å². The van der Waals surface area contributed by atoms with Gasteiger partial charge in [-0.25, -0.2) is 9.97 Å². The van der Waals surface area contributed by atoms with Gasteiger partial charge in [-0.2, -0.15) is 0 Å². The Kier molecular flexibility index (Phi) is 5.39. The third-order valence-corrected chi connectivity index (χ3v) is 6.10. The molecule has 1 atom stereocenters. The molecule has 0 saturated heterocycles. The summed E-state index contributed by atoms with van der Waals surface area (Å²) in [5.41, 5.74) is 5.00. The number of thioether (sulfide) groups is 1. The molecular weight excluding hydrogens is 354 g/mol. The van der Waals surface area contributed by atoms with Crippen molar-refractivity contribution in [2.24, 2.45) is 0 Å². The Hall–Kier alpha value is -2.40. The van der Waals surface area contributed by atoms with Crippen LogP contribution in [-0.2, 0) is 17.6 Å². The molecule has 3 aromatic rings. The first-order chi connectivity index (χ1) is 13.2. The summed E-state index contributed by atoms with van der Waals surface area (Å²) in [7, 11) is 0. The molecule has 1 heterocycles. The second-order valence-corrected chi connectivity index (χ2v) is 7.97. The van der Waals surface area contributed by atoms with E-state index in [1.54, 1.807) is 6.33 Å². The van der Waals surface area contributed by atoms with Crippen molar-refractivity contribution in [3.63, 3.8) is 0 Å². The number of benzene rings is 2. The van der Waals surface area contributed by atoms with Gasteiger partial charge < -0.3 is 5.32 Å². The monoisotopic (exact) mass is 377 g/mol. The first kappa shape index (κ1) is 18.0. The number of hydrogen-bond donors (Lipinski definition) is 1. The van der Waals surface area contributed by atoms with E-state index in [1.165, 1.54) is 47.7 Å². The number of para-hydroxylation sites is 1. The molecule has 1 amide bonds. The topological polar surface area (TPSA) is 54.9 Å². The van der Waals surface area contributed by atoms with Crippen molar-refractivity contribution in [3.8, 4) is 0 Å². The van der Waals surface area contributed by atoms with Gasteiger partial charge in [-0.05, 0) is 55.4 Å². The van der Waals surface area contributed by atoms with E-state index < -0.39 is 0 Å². The van der Waals surface area contributed by atoms with Crippen LogP contribution in [0.5, 0.6) is 0 Å². The third kappa shape index (κ3) is 4.14. The quantitative estimate of drug-likeness (QED) is 0.526. The molecule has 1 N–H and O–H groups in total. The molecule has 5 heteroatoms. The highest BCUT2D eigenvalue weighted by Crippen LogP contribution is 2.26. The average molecular weight is 378 g/mol. The summed E-state index contributed by atoms with van der Waals surface area (Å²) in [5.74, 6) is 0.365. The summed E-state index contributed by atoms with van der Waals surface area (Å²) in [6, 6.07) is 14.5. The number of aryl methyl sites for hydroxylation is 2. The van der Waals surface area contributed by atoms with E-state index in [9.17, 15) is 4.79 Å². The van der Waals surface area contributed by atoms with Gasteiger partial charge in [0.05, 0.1) is 17.3 Å². The van der Waals surface area contributed by atoms with Crippen molar-refractivity contribution in [3.05, 3.63) is 65.5 Å². The highest BCUT2D eigenvalue weighted by molar-refractivity contribution is 8.00. The number of rotatable bonds is 5. The number of aromatic nitrogens is 2. The Bertz CT molecular complexity index is 967. The highest BCUT2D eigenvalue weighted by atomic mass is 32.2. The minimum Gasteiger partial charge on any atom is -0.349 e. The molecule has 0 radical (unpaired) electrons. The SMILES string of the molecule is C[C@H](NC(=O)CSc1ncnc2ccccc12)c1ccc2c(c1)CCCC2. The van der Waals surface area contributed by atoms with Gasteiger partial charge in [0, 0.05) is 5.39 Å². The molecule has 0 bridgehead atoms. The van der Waals surface area contributed by atoms with Gasteiger partial charge in [0.2, 0.25) is 5.91 Å². The lowest BCUT2D eigenvalue weighted by Gasteiger charge is -2.20. The van der Waals surface area contributed by atoms with Crippen molar-refractivity contribution in [2.45, 2.75) is 43.7 Å². The second-order valence-electron chi connectivity index (χ2n) is 7.01. The Labute approximate surface area is 163 Å². The number of amides is 1. The first-order valence-electron chi connectivity index (χ1n) is 9.44. The van der Waals surface area contributed by atoms with Crippen molar-refractivity contribution in [1.82, 2.24) is 15.3 Å². The fourth-order valence-electron chi connectivity index (χ4n) is 3.62. The fourth-order valence-corrected chi connectivity index (χ4v) is 4.42. The molecule has 1 aliphatic rings. The number of nitrogens with zero attached hydrogens (tertiary/aromatic N) is 2. The zero-order valence-corrected chi connectivity index (χ0v) is 16.3. The molecule has 1 aromatic heterocycles. The largest absolute Gasteiger partial charge is 0.349 e. The predicted molar refractivity (Wildman–Crippen MR) is 110 cm³/mol. The molecule has 2 aromatic carbocycles. The van der Waals surface area contributed by atoms with E-state index >= 15 is 0 Å². The Morgan fingerprint density at radius 1 is 1.11 bits per heavy atom. The van der Waals surface area contributed by atoms with Crippen LogP contribution in [-0.4, -0.2) is 21.6 Å². The third-order valence-electron chi connectivity index (χ3n) is 5.10. The molecule has 27 heavy (non-hydrogen) atoms. The lowest BCUT2D eigenvalue weighted by atomic mass is 9.89. The van der Waals surface area contributed by atoms with Crippen LogP contribution in [0.15, 0.2) is 53.8 Å². The molecule has 4 rings (SSSR count). The fraction of sp³-hybridized carbons (Fsp3) is 0.318. The highest BCUT2D eigenvalue weighted by Gasteiger charge is 2.15. The van der Waals surface area contributed by atoms with Crippen molar-refractivity contribution in [2.75, 3.05) is 5.75 Å². The summed E-state index contributed by atoms with van der Waals surface area (Å²) in [4.78, 5) is 21.1. The minimum atomic E-state index is 0.00692. The van der Waals surface area contributed by atoms with E-state index in [2.05, 4.69) is 33.5 Å². The Balaban J connectivity index is 1.39. The smallest absolute Gasteiger partial charge is 0.230 e. The van der Waals surface area contributed by atoms with Crippen LogP contribution in [0.3, 0.4) is 0 Å². The summed E-state index contributed by atoms with van der Waals surface area (Å²) < 4.78 is 0. The van der Waals surface area contributed by atoms with Crippen LogP contribution in [0, 0.1) is 0 Å². The Morgan fingerprint density at radius 3 is 2.81 bits per heavy atom. The van der Waals surface area contributed by atoms with Crippen LogP contribution < -0.4 is 5.32 Å². The van der Waals surface area contributed by atoms with Crippen molar-refractivity contribution >= 4 is 28.6 Å². The number of carbonyl (C=O) groups excluding carboxylic acids is 1. The number of fused-ring (bicyclic) bond motifs is 2. The maximum atomic E-state index is 12.4. The molecule has 0 saturated carbocycles. The average Bonchev–Trinajstić information content (AvgIpc) is 2.71. The van der Waals surface area contributed by atoms with Gasteiger partial charge in [0.1, 0.15) is 11.4 Å². The molecule has 0 aliphatic heterocycles. The van der Waals surface area contributed by atoms with E-state index in [-0.39, 0.29) is 11.9 Å². The van der Waals surface area contributed by atoms with E-state index in [0.717, 1.165) is 22.3 Å². The minimum absolute atomic E-state index is 0.00692. The molecule has 0 spiro atoms. The first-order valence-corrected chi connectivity index (χ1v) is 10.4. The van der Waals surface area contributed by atoms with E-state index in [1.807, 2.05) is 31.2 Å². The lowest BCUT2D eigenvalue weighted by Crippen LogP contribution is -2.28. The van der Waals surface area contributed by atoms with Crippen LogP contribution in [0.2, 0.25) is 0 Å². The van der Waals surface area contributed by atoms with E-state index in [0.29, 0.717) is 5.75 Å². The van der Waals surface area contributed by atoms with Gasteiger partial charge in [-0.3, -0.25) is 4.79 Å². The zero-order valence-electron chi connectivity index (χ0n) is 15.4. The zero-order chi connectivity index (χ0) is 18.6. The van der Waals surface area contributed by atoms with Crippen molar-refractivity contribution < 1.29 is 4.79 Å². The van der Waals surface area contributed by atoms with Crippen LogP contribution in [0.25, 0.3) is 10.9 Å². The molecule has 0 fully saturated rings. The van der Waals surface area contributed by atoms with Gasteiger partial charge in [-0.15, -0.1) is 0 Å². The lowest BCUT2D eigenvalue weighted by molar-refractivity contribution is -0.119. The Morgan fingerprint density at radius 2 is 1.93 bits per heavy atom. The van der Waals surface area contributed by atoms with Crippen LogP contribution in [0.4, 0.5) is 0 Å². The van der Waals surface area contributed by atoms with Crippen LogP contribution >= 0.6 is 11.8 Å². The van der Waals surface area contributed by atoms with Gasteiger partial charge in [0.25, 0.3) is 0 Å². The van der Waals surface area contributed by atoms with E-state index in [4.69, 9.17) is 0 Å². The number of hydrogen-bond acceptors (Lipinski definition) is 4. The summed E-state index contributed by atoms with van der Waals surface area (Å²) in [6.45, 7) is 2.05. The predicted octanol–water partition coefficient (Wildman–Crippen LogP) is 4.48.